The van der Waals surface area contributed by atoms with Crippen molar-refractivity contribution in [2.75, 3.05) is 19.7 Å². The van der Waals surface area contributed by atoms with Crippen LogP contribution in [-0.2, 0) is 18.2 Å². The number of imidazole rings is 1. The maximum absolute atomic E-state index is 12.7. The number of aryl methyl sites for hydroxylation is 1. The fourth-order valence-corrected chi connectivity index (χ4v) is 4.53. The molecule has 0 radical (unpaired) electrons. The van der Waals surface area contributed by atoms with E-state index in [2.05, 4.69) is 14.5 Å². The van der Waals surface area contributed by atoms with Crippen LogP contribution in [0.25, 0.3) is 0 Å². The Morgan fingerprint density at radius 1 is 1.36 bits per heavy atom. The third-order valence-electron chi connectivity index (χ3n) is 5.24. The molecule has 1 amide bonds. The minimum Gasteiger partial charge on any atom is -0.371 e. The summed E-state index contributed by atoms with van der Waals surface area (Å²) in [6.07, 6.45) is 9.07. The summed E-state index contributed by atoms with van der Waals surface area (Å²) < 4.78 is 7.75. The topological polar surface area (TPSA) is 60.2 Å². The number of likely N-dealkylation sites (tertiary alicyclic amines) is 1. The first-order valence-corrected chi connectivity index (χ1v) is 9.91. The lowest BCUT2D eigenvalue weighted by atomic mass is 9.93. The summed E-state index contributed by atoms with van der Waals surface area (Å²) in [7, 11) is 2.04. The smallest absolute Gasteiger partial charge is 0.273 e. The van der Waals surface area contributed by atoms with Gasteiger partial charge in [0.15, 0.2) is 0 Å². The van der Waals surface area contributed by atoms with Crippen LogP contribution in [0.5, 0.6) is 0 Å². The molecule has 0 aliphatic carbocycles. The molecule has 2 fully saturated rings. The molecule has 1 unspecified atom stereocenters. The van der Waals surface area contributed by atoms with E-state index < -0.39 is 0 Å². The Morgan fingerprint density at radius 3 is 2.88 bits per heavy atom. The van der Waals surface area contributed by atoms with Gasteiger partial charge in [-0.1, -0.05) is 0 Å². The molecule has 0 aromatic carbocycles. The van der Waals surface area contributed by atoms with Gasteiger partial charge in [-0.3, -0.25) is 4.79 Å². The van der Waals surface area contributed by atoms with E-state index in [1.807, 2.05) is 29.7 Å². The molecule has 7 heteroatoms. The number of carbonyl (C=O) groups is 1. The summed E-state index contributed by atoms with van der Waals surface area (Å²) in [5.74, 6) is 1.80. The molecular formula is C18H24N4O2S. The second-order valence-electron chi connectivity index (χ2n) is 6.97. The van der Waals surface area contributed by atoms with E-state index in [1.165, 1.54) is 0 Å². The molecule has 4 rings (SSSR count). The van der Waals surface area contributed by atoms with Gasteiger partial charge >= 0.3 is 0 Å². The third-order valence-corrected chi connectivity index (χ3v) is 6.18. The Hall–Kier alpha value is -1.73. The van der Waals surface area contributed by atoms with Crippen molar-refractivity contribution in [1.82, 2.24) is 19.4 Å². The van der Waals surface area contributed by atoms with E-state index in [4.69, 9.17) is 4.74 Å². The predicted molar refractivity (Wildman–Crippen MR) is 95.6 cm³/mol. The van der Waals surface area contributed by atoms with Crippen LogP contribution >= 0.6 is 11.3 Å². The Bertz CT molecular complexity index is 727. The van der Waals surface area contributed by atoms with Crippen LogP contribution in [0.15, 0.2) is 17.8 Å². The number of ether oxygens (including phenoxy) is 1. The number of hydrogen-bond donors (Lipinski definition) is 0. The lowest BCUT2D eigenvalue weighted by Crippen LogP contribution is -2.39. The molecule has 2 saturated heterocycles. The number of aromatic nitrogens is 3. The van der Waals surface area contributed by atoms with Crippen LogP contribution in [0.4, 0.5) is 0 Å². The zero-order chi connectivity index (χ0) is 17.2. The highest BCUT2D eigenvalue weighted by Crippen LogP contribution is 2.31. The van der Waals surface area contributed by atoms with E-state index in [1.54, 1.807) is 11.3 Å². The van der Waals surface area contributed by atoms with Crippen molar-refractivity contribution in [2.24, 2.45) is 13.0 Å². The van der Waals surface area contributed by atoms with Crippen molar-refractivity contribution in [3.63, 3.8) is 0 Å². The van der Waals surface area contributed by atoms with Crippen LogP contribution in [0.3, 0.4) is 0 Å². The number of thiazole rings is 1. The molecule has 6 nitrogen and oxygen atoms in total. The third kappa shape index (κ3) is 3.62. The highest BCUT2D eigenvalue weighted by atomic mass is 32.1. The Kier molecular flexibility index (Phi) is 4.85. The monoisotopic (exact) mass is 360 g/mol. The number of rotatable bonds is 4. The molecule has 0 bridgehead atoms. The largest absolute Gasteiger partial charge is 0.371 e. The first kappa shape index (κ1) is 16.7. The molecule has 0 N–H and O–H groups in total. The molecule has 0 spiro atoms. The Morgan fingerprint density at radius 2 is 2.20 bits per heavy atom. The molecule has 0 saturated carbocycles. The van der Waals surface area contributed by atoms with Gasteiger partial charge in [-0.2, -0.15) is 0 Å². The maximum atomic E-state index is 12.7. The van der Waals surface area contributed by atoms with Gasteiger partial charge in [0.1, 0.15) is 22.6 Å². The maximum Gasteiger partial charge on any atom is 0.273 e. The average Bonchev–Trinajstić information content (AvgIpc) is 3.37. The summed E-state index contributed by atoms with van der Waals surface area (Å²) in [5.41, 5.74) is 0.582. The van der Waals surface area contributed by atoms with Gasteiger partial charge in [-0.15, -0.1) is 11.3 Å². The molecule has 2 aromatic heterocycles. The van der Waals surface area contributed by atoms with E-state index in [0.717, 1.165) is 62.6 Å². The fraction of sp³-hybridized carbons (Fsp3) is 0.611. The van der Waals surface area contributed by atoms with Crippen LogP contribution in [0, 0.1) is 5.92 Å². The van der Waals surface area contributed by atoms with Crippen molar-refractivity contribution >= 4 is 17.2 Å². The lowest BCUT2D eigenvalue weighted by Gasteiger charge is -2.31. The van der Waals surface area contributed by atoms with E-state index in [9.17, 15) is 4.79 Å². The minimum atomic E-state index is 0.0657. The minimum absolute atomic E-state index is 0.0657. The molecule has 2 aliphatic heterocycles. The van der Waals surface area contributed by atoms with Crippen molar-refractivity contribution < 1.29 is 9.53 Å². The molecule has 1 atom stereocenters. The van der Waals surface area contributed by atoms with Gasteiger partial charge < -0.3 is 14.2 Å². The van der Waals surface area contributed by atoms with Crippen molar-refractivity contribution in [3.8, 4) is 0 Å². The second kappa shape index (κ2) is 7.25. The van der Waals surface area contributed by atoms with Gasteiger partial charge in [0, 0.05) is 50.9 Å². The van der Waals surface area contributed by atoms with Gasteiger partial charge in [-0.25, -0.2) is 9.97 Å². The standard InChI is InChI=1S/C18H24N4O2S/c1-21-9-6-19-16(21)11-13-4-7-22(8-5-13)18(23)14-12-25-17(20-14)15-3-2-10-24-15/h6,9,12-13,15H,2-5,7-8,10-11H2,1H3. The number of piperidine rings is 1. The van der Waals surface area contributed by atoms with Gasteiger partial charge in [0.25, 0.3) is 5.91 Å². The van der Waals surface area contributed by atoms with Crippen LogP contribution < -0.4 is 0 Å². The van der Waals surface area contributed by atoms with Gasteiger partial charge in [0.2, 0.25) is 0 Å². The molecule has 4 heterocycles. The first-order valence-electron chi connectivity index (χ1n) is 9.03. The summed E-state index contributed by atoms with van der Waals surface area (Å²) in [6, 6.07) is 0. The summed E-state index contributed by atoms with van der Waals surface area (Å²) in [4.78, 5) is 23.6. The quantitative estimate of drug-likeness (QED) is 0.841. The van der Waals surface area contributed by atoms with Crippen LogP contribution in [0.2, 0.25) is 0 Å². The Balaban J connectivity index is 1.32. The molecular weight excluding hydrogens is 336 g/mol. The SMILES string of the molecule is Cn1ccnc1CC1CCN(C(=O)c2csc(C3CCCO3)n2)CC1. The van der Waals surface area contributed by atoms with E-state index in [-0.39, 0.29) is 12.0 Å². The predicted octanol–water partition coefficient (Wildman–Crippen LogP) is 2.82. The molecule has 2 aromatic rings. The van der Waals surface area contributed by atoms with Crippen LogP contribution in [0.1, 0.15) is 53.1 Å². The zero-order valence-corrected chi connectivity index (χ0v) is 15.4. The second-order valence-corrected chi connectivity index (χ2v) is 7.86. The van der Waals surface area contributed by atoms with Gasteiger partial charge in [0.05, 0.1) is 0 Å². The van der Waals surface area contributed by atoms with Crippen molar-refractivity contribution in [2.45, 2.75) is 38.2 Å². The fourth-order valence-electron chi connectivity index (χ4n) is 3.66. The zero-order valence-electron chi connectivity index (χ0n) is 14.6. The summed E-state index contributed by atoms with van der Waals surface area (Å²) >= 11 is 1.55. The average molecular weight is 360 g/mol. The number of hydrogen-bond acceptors (Lipinski definition) is 5. The normalized spacial score (nSPS) is 21.8. The lowest BCUT2D eigenvalue weighted by molar-refractivity contribution is 0.0683. The number of nitrogens with zero attached hydrogens (tertiary/aromatic N) is 4. The van der Waals surface area contributed by atoms with Crippen molar-refractivity contribution in [1.29, 1.82) is 0 Å². The number of amides is 1. The molecule has 134 valence electrons. The molecule has 2 aliphatic rings. The van der Waals surface area contributed by atoms with Gasteiger partial charge in [-0.05, 0) is 31.6 Å². The first-order chi connectivity index (χ1) is 12.2. The van der Waals surface area contributed by atoms with Crippen LogP contribution in [-0.4, -0.2) is 45.0 Å². The highest BCUT2D eigenvalue weighted by Gasteiger charge is 2.27. The summed E-state index contributed by atoms with van der Waals surface area (Å²) in [5, 5.41) is 2.84. The summed E-state index contributed by atoms with van der Waals surface area (Å²) in [6.45, 7) is 2.42. The van der Waals surface area contributed by atoms with E-state index >= 15 is 0 Å². The van der Waals surface area contributed by atoms with E-state index in [0.29, 0.717) is 11.6 Å². The number of carbonyl (C=O) groups excluding carboxylic acids is 1. The highest BCUT2D eigenvalue weighted by molar-refractivity contribution is 7.09. The Labute approximate surface area is 151 Å². The van der Waals surface area contributed by atoms with Crippen molar-refractivity contribution in [3.05, 3.63) is 34.3 Å². The molecule has 25 heavy (non-hydrogen) atoms.